The third-order valence-electron chi connectivity index (χ3n) is 6.76. The van der Waals surface area contributed by atoms with E-state index < -0.39 is 17.7 Å². The van der Waals surface area contributed by atoms with Gasteiger partial charge in [-0.25, -0.2) is 0 Å². The van der Waals surface area contributed by atoms with Crippen LogP contribution in [0.1, 0.15) is 49.4 Å². The molecule has 1 aromatic heterocycles. The van der Waals surface area contributed by atoms with Crippen molar-refractivity contribution in [1.82, 2.24) is 10.2 Å². The molecule has 2 heterocycles. The van der Waals surface area contributed by atoms with E-state index >= 15 is 0 Å². The van der Waals surface area contributed by atoms with Crippen molar-refractivity contribution >= 4 is 57.3 Å². The summed E-state index contributed by atoms with van der Waals surface area (Å²) < 4.78 is 11.9. The highest BCUT2D eigenvalue weighted by Crippen LogP contribution is 2.44. The van der Waals surface area contributed by atoms with Crippen molar-refractivity contribution in [2.24, 2.45) is 0 Å². The van der Waals surface area contributed by atoms with Crippen LogP contribution in [0, 0.1) is 0 Å². The van der Waals surface area contributed by atoms with Gasteiger partial charge >= 0.3 is 5.91 Å². The van der Waals surface area contributed by atoms with Crippen molar-refractivity contribution in [3.05, 3.63) is 100 Å². The van der Waals surface area contributed by atoms with Crippen molar-refractivity contribution in [2.45, 2.75) is 42.8 Å². The number of unbranched alkanes of at least 4 members (excludes halogenated alkanes) is 1. The smallest absolute Gasteiger partial charge is 0.301 e. The molecule has 1 unspecified atom stereocenters. The minimum atomic E-state index is -0.925. The van der Waals surface area contributed by atoms with Crippen LogP contribution in [0.4, 0.5) is 5.13 Å². The van der Waals surface area contributed by atoms with E-state index in [-0.39, 0.29) is 16.5 Å². The molecule has 1 aliphatic heterocycles. The maximum atomic E-state index is 13.6. The van der Waals surface area contributed by atoms with Gasteiger partial charge in [0.1, 0.15) is 17.3 Å². The Hall–Kier alpha value is -3.86. The molecule has 222 valence electrons. The Morgan fingerprint density at radius 1 is 0.977 bits per heavy atom. The number of hydrogen-bond acceptors (Lipinski definition) is 9. The van der Waals surface area contributed by atoms with Gasteiger partial charge in [-0.2, -0.15) is 0 Å². The molecule has 8 nitrogen and oxygen atoms in total. The minimum absolute atomic E-state index is 0.0331. The first-order chi connectivity index (χ1) is 20.9. The van der Waals surface area contributed by atoms with Gasteiger partial charge in [-0.1, -0.05) is 78.4 Å². The maximum Gasteiger partial charge on any atom is 0.301 e. The Morgan fingerprint density at radius 2 is 1.67 bits per heavy atom. The average Bonchev–Trinajstić information content (AvgIpc) is 3.59. The summed E-state index contributed by atoms with van der Waals surface area (Å²) in [6.07, 6.45) is 1.94. The normalized spacial score (nSPS) is 16.1. The lowest BCUT2D eigenvalue weighted by atomic mass is 9.95. The van der Waals surface area contributed by atoms with Gasteiger partial charge in [0, 0.05) is 16.3 Å². The fraction of sp³-hybridized carbons (Fsp3) is 0.250. The van der Waals surface area contributed by atoms with E-state index in [9.17, 15) is 14.7 Å². The molecular weight excluding hydrogens is 606 g/mol. The molecule has 1 aliphatic rings. The summed E-state index contributed by atoms with van der Waals surface area (Å²) >= 11 is 8.94. The summed E-state index contributed by atoms with van der Waals surface area (Å²) in [4.78, 5) is 28.4. The van der Waals surface area contributed by atoms with Gasteiger partial charge in [-0.15, -0.1) is 10.2 Å². The van der Waals surface area contributed by atoms with Crippen molar-refractivity contribution < 1.29 is 24.2 Å². The van der Waals surface area contributed by atoms with Crippen molar-refractivity contribution in [1.29, 1.82) is 0 Å². The summed E-state index contributed by atoms with van der Waals surface area (Å²) in [6, 6.07) is 20.5. The summed E-state index contributed by atoms with van der Waals surface area (Å²) in [5.41, 5.74) is 1.92. The number of aromatic nitrogens is 2. The first kappa shape index (κ1) is 30.6. The second kappa shape index (κ2) is 14.1. The van der Waals surface area contributed by atoms with Crippen LogP contribution in [0.3, 0.4) is 0 Å². The first-order valence-corrected chi connectivity index (χ1v) is 16.1. The number of rotatable bonds is 12. The van der Waals surface area contributed by atoms with Crippen molar-refractivity contribution in [2.75, 3.05) is 18.1 Å². The molecule has 1 N–H and O–H groups in total. The monoisotopic (exact) mass is 635 g/mol. The highest BCUT2D eigenvalue weighted by molar-refractivity contribution is 8.00. The number of anilines is 1. The molecular formula is C32H30ClN3O5S2. The third-order valence-corrected chi connectivity index (χ3v) is 9.23. The quantitative estimate of drug-likeness (QED) is 0.0422. The van der Waals surface area contributed by atoms with Gasteiger partial charge in [0.15, 0.2) is 4.34 Å². The second-order valence-electron chi connectivity index (χ2n) is 9.63. The average molecular weight is 636 g/mol. The Labute approximate surface area is 263 Å². The molecule has 11 heteroatoms. The molecule has 3 aromatic carbocycles. The summed E-state index contributed by atoms with van der Waals surface area (Å²) in [5, 5.41) is 20.9. The first-order valence-electron chi connectivity index (χ1n) is 13.9. The Kier molecular flexibility index (Phi) is 10.0. The highest BCUT2D eigenvalue weighted by atomic mass is 35.5. The fourth-order valence-corrected chi connectivity index (χ4v) is 6.72. The van der Waals surface area contributed by atoms with E-state index in [4.69, 9.17) is 21.1 Å². The van der Waals surface area contributed by atoms with Crippen LogP contribution in [0.15, 0.2) is 82.7 Å². The molecule has 4 aromatic rings. The van der Waals surface area contributed by atoms with Gasteiger partial charge in [-0.3, -0.25) is 14.5 Å². The number of hydrogen-bond donors (Lipinski definition) is 1. The van der Waals surface area contributed by atoms with Gasteiger partial charge in [0.25, 0.3) is 5.78 Å². The van der Waals surface area contributed by atoms with Crippen LogP contribution in [-0.4, -0.2) is 40.2 Å². The second-order valence-corrected chi connectivity index (χ2v) is 12.2. The van der Waals surface area contributed by atoms with E-state index in [1.807, 2.05) is 31.2 Å². The van der Waals surface area contributed by atoms with Crippen LogP contribution in [-0.2, 0) is 15.3 Å². The molecule has 0 saturated carbocycles. The van der Waals surface area contributed by atoms with Crippen molar-refractivity contribution in [3.8, 4) is 11.5 Å². The van der Waals surface area contributed by atoms with E-state index in [0.717, 1.165) is 18.4 Å². The molecule has 0 aliphatic carbocycles. The Balaban J connectivity index is 1.51. The summed E-state index contributed by atoms with van der Waals surface area (Å²) in [7, 11) is 0. The number of aliphatic hydroxyl groups is 1. The fourth-order valence-electron chi connectivity index (χ4n) is 4.57. The molecule has 1 fully saturated rings. The van der Waals surface area contributed by atoms with Crippen molar-refractivity contribution in [3.63, 3.8) is 0 Å². The molecule has 43 heavy (non-hydrogen) atoms. The number of halogens is 1. The lowest BCUT2D eigenvalue weighted by molar-refractivity contribution is -0.132. The van der Waals surface area contributed by atoms with Gasteiger partial charge in [0.2, 0.25) is 5.13 Å². The zero-order valence-electron chi connectivity index (χ0n) is 23.7. The van der Waals surface area contributed by atoms with Crippen LogP contribution >= 0.6 is 34.7 Å². The zero-order valence-corrected chi connectivity index (χ0v) is 26.0. The predicted molar refractivity (Wildman–Crippen MR) is 170 cm³/mol. The predicted octanol–water partition coefficient (Wildman–Crippen LogP) is 7.69. The number of nitrogens with zero attached hydrogens (tertiary/aromatic N) is 3. The van der Waals surface area contributed by atoms with E-state index in [1.54, 1.807) is 48.5 Å². The summed E-state index contributed by atoms with van der Waals surface area (Å²) in [5.74, 6) is -0.0109. The zero-order chi connectivity index (χ0) is 30.3. The van der Waals surface area contributed by atoms with Crippen LogP contribution < -0.4 is 14.4 Å². The largest absolute Gasteiger partial charge is 0.507 e. The third kappa shape index (κ3) is 6.87. The number of carbonyl (C=O) groups excluding carboxylic acids is 2. The Bertz CT molecular complexity index is 1620. The number of Topliss-reactive ketones (excluding diaryl/α,β-unsaturated/α-hetero) is 1. The van der Waals surface area contributed by atoms with Gasteiger partial charge in [0.05, 0.1) is 24.8 Å². The standard InChI is InChI=1S/C32H30ClN3O5S2/c1-3-5-18-41-24-14-10-20(11-15-24)27-26(28(37)21-12-16-23(17-13-21)40-4-2)29(38)30(39)36(27)31-34-35-32(43-31)42-19-22-8-6-7-9-25(22)33/h6-17,27,37H,3-5,18-19H2,1-2H3/b28-26-. The Morgan fingerprint density at radius 3 is 2.37 bits per heavy atom. The number of carbonyl (C=O) groups is 2. The molecule has 0 bridgehead atoms. The van der Waals surface area contributed by atoms with Gasteiger partial charge < -0.3 is 14.6 Å². The highest BCUT2D eigenvalue weighted by Gasteiger charge is 2.48. The lowest BCUT2D eigenvalue weighted by Gasteiger charge is -2.22. The topological polar surface area (TPSA) is 102 Å². The number of thioether (sulfide) groups is 1. The molecule has 1 amide bonds. The number of amides is 1. The molecule has 1 atom stereocenters. The minimum Gasteiger partial charge on any atom is -0.507 e. The molecule has 0 spiro atoms. The molecule has 0 radical (unpaired) electrons. The van der Waals surface area contributed by atoms with Crippen LogP contribution in [0.5, 0.6) is 11.5 Å². The van der Waals surface area contributed by atoms with E-state index in [1.165, 1.54) is 28.0 Å². The summed E-state index contributed by atoms with van der Waals surface area (Å²) in [6.45, 7) is 5.05. The van der Waals surface area contributed by atoms with E-state index in [2.05, 4.69) is 17.1 Å². The van der Waals surface area contributed by atoms with Gasteiger partial charge in [-0.05, 0) is 66.9 Å². The lowest BCUT2D eigenvalue weighted by Crippen LogP contribution is -2.29. The number of ketones is 1. The number of aliphatic hydroxyl groups excluding tert-OH is 1. The molecule has 5 rings (SSSR count). The number of ether oxygens (including phenoxy) is 2. The number of benzene rings is 3. The SMILES string of the molecule is CCCCOc1ccc(C2/C(=C(/O)c3ccc(OCC)cc3)C(=O)C(=O)N2c2nnc(SCc3ccccc3Cl)s2)cc1. The maximum absolute atomic E-state index is 13.6. The van der Waals surface area contributed by atoms with Crippen LogP contribution in [0.25, 0.3) is 5.76 Å². The van der Waals surface area contributed by atoms with E-state index in [0.29, 0.717) is 51.0 Å². The van der Waals surface area contributed by atoms with Crippen LogP contribution in [0.2, 0.25) is 5.02 Å². The molecule has 1 saturated heterocycles.